The number of hydrogen-bond donors (Lipinski definition) is 4. The summed E-state index contributed by atoms with van der Waals surface area (Å²) in [4.78, 5) is 46.3. The number of primary amides is 1. The third-order valence-corrected chi connectivity index (χ3v) is 3.22. The Balaban J connectivity index is 4.47. The fraction of sp³-hybridized carbons (Fsp3) is 0.647. The van der Waals surface area contributed by atoms with Gasteiger partial charge in [-0.3, -0.25) is 19.2 Å². The molecule has 140 valence electrons. The normalized spacial score (nSPS) is 12.4. The Morgan fingerprint density at radius 2 is 1.72 bits per heavy atom. The van der Waals surface area contributed by atoms with Crippen LogP contribution in [0.2, 0.25) is 0 Å². The van der Waals surface area contributed by atoms with Gasteiger partial charge in [0.05, 0.1) is 6.54 Å². The lowest BCUT2D eigenvalue weighted by molar-refractivity contribution is -0.129. The Morgan fingerprint density at radius 3 is 2.24 bits per heavy atom. The van der Waals surface area contributed by atoms with Crippen molar-refractivity contribution in [3.63, 3.8) is 0 Å². The van der Waals surface area contributed by atoms with Crippen LogP contribution in [-0.2, 0) is 19.2 Å². The predicted molar refractivity (Wildman–Crippen MR) is 93.9 cm³/mol. The molecule has 0 aromatic heterocycles. The highest BCUT2D eigenvalue weighted by Crippen LogP contribution is 2.05. The Kier molecular flexibility index (Phi) is 10.7. The van der Waals surface area contributed by atoms with E-state index < -0.39 is 23.8 Å². The van der Waals surface area contributed by atoms with Crippen LogP contribution < -0.4 is 21.7 Å². The molecule has 0 aliphatic carbocycles. The number of carbonyl (C=O) groups excluding carboxylic acids is 4. The smallest absolute Gasteiger partial charge is 0.296 e. The van der Waals surface area contributed by atoms with Gasteiger partial charge in [-0.25, -0.2) is 0 Å². The molecule has 2 unspecified atom stereocenters. The molecular formula is C17H28N4O4. The van der Waals surface area contributed by atoms with Gasteiger partial charge in [0, 0.05) is 12.5 Å². The molecule has 0 aliphatic rings. The summed E-state index contributed by atoms with van der Waals surface area (Å²) in [5.74, 6) is 3.17. The van der Waals surface area contributed by atoms with E-state index in [4.69, 9.17) is 5.73 Å². The third kappa shape index (κ3) is 11.6. The molecule has 0 heterocycles. The molecule has 0 rings (SSSR count). The highest BCUT2D eigenvalue weighted by Gasteiger charge is 2.22. The summed E-state index contributed by atoms with van der Waals surface area (Å²) >= 11 is 0. The molecule has 0 saturated heterocycles. The van der Waals surface area contributed by atoms with Gasteiger partial charge in [-0.15, -0.1) is 0 Å². The first-order valence-corrected chi connectivity index (χ1v) is 8.24. The van der Waals surface area contributed by atoms with Gasteiger partial charge < -0.3 is 21.7 Å². The number of carbonyl (C=O) groups is 4. The van der Waals surface area contributed by atoms with Gasteiger partial charge in [-0.2, -0.15) is 0 Å². The summed E-state index contributed by atoms with van der Waals surface area (Å²) in [6.45, 7) is 6.90. The van der Waals surface area contributed by atoms with Gasteiger partial charge in [-0.05, 0) is 38.5 Å². The van der Waals surface area contributed by atoms with E-state index in [1.165, 1.54) is 6.92 Å². The standard InChI is InChI=1S/C17H28N4O4/c1-5-6-15(23)21-13(9-11(2)3)17(25)19-10-16(24)20-12(4)7-8-14(18)22/h11-13H,7-10H2,1-4H3,(H2,18,22)(H,19,25)(H,20,24)(H,21,23). The zero-order valence-corrected chi connectivity index (χ0v) is 15.3. The molecule has 25 heavy (non-hydrogen) atoms. The summed E-state index contributed by atoms with van der Waals surface area (Å²) in [6.07, 6.45) is 1.03. The maximum Gasteiger partial charge on any atom is 0.296 e. The van der Waals surface area contributed by atoms with Crippen molar-refractivity contribution >= 4 is 23.6 Å². The summed E-state index contributed by atoms with van der Waals surface area (Å²) in [6, 6.07) is -0.990. The topological polar surface area (TPSA) is 130 Å². The zero-order chi connectivity index (χ0) is 19.4. The van der Waals surface area contributed by atoms with E-state index in [-0.39, 0.29) is 30.8 Å². The average Bonchev–Trinajstić information content (AvgIpc) is 2.49. The second-order valence-electron chi connectivity index (χ2n) is 6.22. The quantitative estimate of drug-likeness (QED) is 0.392. The van der Waals surface area contributed by atoms with Crippen molar-refractivity contribution in [1.82, 2.24) is 16.0 Å². The minimum absolute atomic E-state index is 0.174. The van der Waals surface area contributed by atoms with E-state index in [2.05, 4.69) is 27.8 Å². The Hall–Kier alpha value is -2.56. The van der Waals surface area contributed by atoms with Crippen LogP contribution >= 0.6 is 0 Å². The molecule has 8 heteroatoms. The third-order valence-electron chi connectivity index (χ3n) is 3.22. The van der Waals surface area contributed by atoms with Crippen molar-refractivity contribution in [2.45, 2.75) is 59.0 Å². The zero-order valence-electron chi connectivity index (χ0n) is 15.3. The second kappa shape index (κ2) is 11.9. The van der Waals surface area contributed by atoms with Crippen LogP contribution in [0.5, 0.6) is 0 Å². The summed E-state index contributed by atoms with van der Waals surface area (Å²) in [5.41, 5.74) is 5.05. The highest BCUT2D eigenvalue weighted by atomic mass is 16.2. The summed E-state index contributed by atoms with van der Waals surface area (Å²) in [5, 5.41) is 7.70. The maximum atomic E-state index is 12.2. The van der Waals surface area contributed by atoms with Gasteiger partial charge in [0.25, 0.3) is 5.91 Å². The van der Waals surface area contributed by atoms with Crippen LogP contribution in [0.3, 0.4) is 0 Å². The Morgan fingerprint density at radius 1 is 1.08 bits per heavy atom. The van der Waals surface area contributed by atoms with Crippen molar-refractivity contribution in [1.29, 1.82) is 0 Å². The minimum atomic E-state index is -0.756. The van der Waals surface area contributed by atoms with Crippen molar-refractivity contribution in [3.05, 3.63) is 0 Å². The van der Waals surface area contributed by atoms with Crippen LogP contribution in [0.4, 0.5) is 0 Å². The second-order valence-corrected chi connectivity index (χ2v) is 6.22. The van der Waals surface area contributed by atoms with Crippen molar-refractivity contribution in [3.8, 4) is 11.8 Å². The van der Waals surface area contributed by atoms with Gasteiger partial charge in [0.2, 0.25) is 17.7 Å². The van der Waals surface area contributed by atoms with Crippen LogP contribution in [0.25, 0.3) is 0 Å². The first-order chi connectivity index (χ1) is 11.6. The molecule has 8 nitrogen and oxygen atoms in total. The monoisotopic (exact) mass is 352 g/mol. The minimum Gasteiger partial charge on any atom is -0.370 e. The van der Waals surface area contributed by atoms with Gasteiger partial charge in [0.1, 0.15) is 6.04 Å². The van der Waals surface area contributed by atoms with E-state index in [0.29, 0.717) is 12.8 Å². The van der Waals surface area contributed by atoms with Crippen molar-refractivity contribution < 1.29 is 19.2 Å². The molecule has 0 aliphatic heterocycles. The van der Waals surface area contributed by atoms with Gasteiger partial charge in [-0.1, -0.05) is 19.8 Å². The molecule has 0 saturated carbocycles. The molecular weight excluding hydrogens is 324 g/mol. The number of amides is 4. The van der Waals surface area contributed by atoms with E-state index in [1.807, 2.05) is 13.8 Å². The van der Waals surface area contributed by atoms with Crippen LogP contribution in [-0.4, -0.2) is 42.3 Å². The number of nitrogens with one attached hydrogen (secondary N) is 3. The lowest BCUT2D eigenvalue weighted by Gasteiger charge is -2.19. The van der Waals surface area contributed by atoms with E-state index in [0.717, 1.165) is 0 Å². The summed E-state index contributed by atoms with van der Waals surface area (Å²) in [7, 11) is 0. The SMILES string of the molecule is CC#CC(=O)NC(CC(C)C)C(=O)NCC(=O)NC(C)CCC(N)=O. The van der Waals surface area contributed by atoms with Crippen molar-refractivity contribution in [2.24, 2.45) is 11.7 Å². The number of nitrogens with two attached hydrogens (primary N) is 1. The Bertz CT molecular complexity index is 549. The molecule has 0 fully saturated rings. The van der Waals surface area contributed by atoms with Crippen LogP contribution in [0.1, 0.15) is 47.0 Å². The number of rotatable bonds is 10. The molecule has 4 amide bonds. The first-order valence-electron chi connectivity index (χ1n) is 8.24. The van der Waals surface area contributed by atoms with Crippen LogP contribution in [0, 0.1) is 17.8 Å². The molecule has 2 atom stereocenters. The largest absolute Gasteiger partial charge is 0.370 e. The summed E-state index contributed by atoms with van der Waals surface area (Å²) < 4.78 is 0. The lowest BCUT2D eigenvalue weighted by atomic mass is 10.0. The lowest BCUT2D eigenvalue weighted by Crippen LogP contribution is -2.50. The molecule has 5 N–H and O–H groups in total. The van der Waals surface area contributed by atoms with Gasteiger partial charge >= 0.3 is 0 Å². The predicted octanol–water partition coefficient (Wildman–Crippen LogP) is -0.573. The molecule has 0 radical (unpaired) electrons. The number of hydrogen-bond acceptors (Lipinski definition) is 4. The molecule has 0 spiro atoms. The van der Waals surface area contributed by atoms with E-state index >= 15 is 0 Å². The Labute approximate surface area is 148 Å². The highest BCUT2D eigenvalue weighted by molar-refractivity contribution is 5.97. The van der Waals surface area contributed by atoms with Crippen molar-refractivity contribution in [2.75, 3.05) is 6.54 Å². The average molecular weight is 352 g/mol. The maximum absolute atomic E-state index is 12.2. The fourth-order valence-corrected chi connectivity index (χ4v) is 2.06. The van der Waals surface area contributed by atoms with Gasteiger partial charge in [0.15, 0.2) is 0 Å². The first kappa shape index (κ1) is 22.4. The fourth-order valence-electron chi connectivity index (χ4n) is 2.06. The van der Waals surface area contributed by atoms with E-state index in [1.54, 1.807) is 6.92 Å². The van der Waals surface area contributed by atoms with Crippen LogP contribution in [0.15, 0.2) is 0 Å². The molecule has 0 bridgehead atoms. The van der Waals surface area contributed by atoms with E-state index in [9.17, 15) is 19.2 Å². The molecule has 0 aromatic carbocycles. The molecule has 0 aromatic rings.